The van der Waals surface area contributed by atoms with Crippen LogP contribution in [0.3, 0.4) is 0 Å². The fraction of sp³-hybridized carbons (Fsp3) is 0.400. The topological polar surface area (TPSA) is 72.3 Å². The Morgan fingerprint density at radius 1 is 1.15 bits per heavy atom. The van der Waals surface area contributed by atoms with E-state index in [0.717, 1.165) is 30.4 Å². The molecule has 34 heavy (non-hydrogen) atoms. The molecule has 3 aromatic rings. The molecule has 0 bridgehead atoms. The van der Waals surface area contributed by atoms with Crippen LogP contribution in [0, 0.1) is 12.7 Å². The molecule has 2 heterocycles. The Balaban J connectivity index is 1.55. The minimum absolute atomic E-state index is 0.0913. The lowest BCUT2D eigenvalue weighted by molar-refractivity contribution is -0.113. The number of piperidine rings is 1. The third-order valence-corrected chi connectivity index (χ3v) is 7.02. The van der Waals surface area contributed by atoms with Crippen molar-refractivity contribution in [2.75, 3.05) is 31.3 Å². The number of halogens is 1. The average Bonchev–Trinajstić information content (AvgIpc) is 3.29. The van der Waals surface area contributed by atoms with Gasteiger partial charge in [-0.15, -0.1) is 10.2 Å². The molecule has 1 amide bonds. The number of amides is 1. The second kappa shape index (κ2) is 11.0. The van der Waals surface area contributed by atoms with Gasteiger partial charge >= 0.3 is 0 Å². The third kappa shape index (κ3) is 5.59. The Labute approximate surface area is 203 Å². The molecule has 1 aliphatic rings. The second-order valence-electron chi connectivity index (χ2n) is 8.45. The van der Waals surface area contributed by atoms with Gasteiger partial charge in [-0.25, -0.2) is 4.39 Å². The van der Waals surface area contributed by atoms with Crippen molar-refractivity contribution >= 4 is 23.4 Å². The van der Waals surface area contributed by atoms with Gasteiger partial charge in [0.15, 0.2) is 11.0 Å². The van der Waals surface area contributed by atoms with E-state index in [4.69, 9.17) is 4.74 Å². The summed E-state index contributed by atoms with van der Waals surface area (Å²) in [5.74, 6) is 1.16. The lowest BCUT2D eigenvalue weighted by Crippen LogP contribution is -2.33. The predicted molar refractivity (Wildman–Crippen MR) is 132 cm³/mol. The number of hydrogen-bond acceptors (Lipinski definition) is 6. The molecule has 1 atom stereocenters. The average molecular weight is 484 g/mol. The first-order chi connectivity index (χ1) is 16.5. The van der Waals surface area contributed by atoms with Gasteiger partial charge in [0.05, 0.1) is 18.9 Å². The molecule has 1 saturated heterocycles. The Morgan fingerprint density at radius 3 is 2.56 bits per heavy atom. The van der Waals surface area contributed by atoms with E-state index < -0.39 is 0 Å². The summed E-state index contributed by atoms with van der Waals surface area (Å²) in [7, 11) is 1.64. The van der Waals surface area contributed by atoms with Crippen molar-refractivity contribution in [2.24, 2.45) is 0 Å². The van der Waals surface area contributed by atoms with Gasteiger partial charge in [-0.3, -0.25) is 14.3 Å². The summed E-state index contributed by atoms with van der Waals surface area (Å²) >= 11 is 1.31. The van der Waals surface area contributed by atoms with Crippen molar-refractivity contribution in [1.29, 1.82) is 0 Å². The number of aryl methyl sites for hydroxylation is 1. The predicted octanol–water partition coefficient (Wildman–Crippen LogP) is 5.00. The summed E-state index contributed by atoms with van der Waals surface area (Å²) in [5.41, 5.74) is 1.88. The standard InChI is InChI=1S/C25H30FN5O2S/c1-17-7-8-19(15-22(17)26)27-23(32)16-34-25-29-28-24(18(2)30-13-5-4-6-14-30)31(25)20-9-11-21(33-3)12-10-20/h7-12,15,18H,4-6,13-14,16H2,1-3H3,(H,27,32)/t18-/m0/s1. The van der Waals surface area contributed by atoms with Crippen LogP contribution in [-0.4, -0.2) is 51.5 Å². The molecule has 4 rings (SSSR count). The molecule has 1 N–H and O–H groups in total. The highest BCUT2D eigenvalue weighted by Gasteiger charge is 2.26. The normalized spacial score (nSPS) is 15.2. The van der Waals surface area contributed by atoms with E-state index in [-0.39, 0.29) is 23.5 Å². The van der Waals surface area contributed by atoms with Crippen molar-refractivity contribution in [3.8, 4) is 11.4 Å². The maximum atomic E-state index is 13.8. The highest BCUT2D eigenvalue weighted by atomic mass is 32.2. The number of thioether (sulfide) groups is 1. The number of carbonyl (C=O) groups excluding carboxylic acids is 1. The maximum absolute atomic E-state index is 13.8. The Kier molecular flexibility index (Phi) is 7.84. The van der Waals surface area contributed by atoms with Gasteiger partial charge in [0.2, 0.25) is 5.91 Å². The summed E-state index contributed by atoms with van der Waals surface area (Å²) < 4.78 is 21.1. The number of anilines is 1. The molecule has 9 heteroatoms. The molecule has 0 spiro atoms. The molecule has 180 valence electrons. The lowest BCUT2D eigenvalue weighted by atomic mass is 10.1. The molecule has 0 radical (unpaired) electrons. The highest BCUT2D eigenvalue weighted by Crippen LogP contribution is 2.30. The summed E-state index contributed by atoms with van der Waals surface area (Å²) in [6.45, 7) is 5.91. The van der Waals surface area contributed by atoms with Gasteiger partial charge in [0, 0.05) is 11.4 Å². The molecular weight excluding hydrogens is 453 g/mol. The molecular formula is C25H30FN5O2S. The van der Waals surface area contributed by atoms with Gasteiger partial charge < -0.3 is 10.1 Å². The number of rotatable bonds is 8. The summed E-state index contributed by atoms with van der Waals surface area (Å²) in [5, 5.41) is 12.4. The van der Waals surface area contributed by atoms with E-state index >= 15 is 0 Å². The summed E-state index contributed by atoms with van der Waals surface area (Å²) in [4.78, 5) is 15.0. The first kappa shape index (κ1) is 24.2. The summed E-state index contributed by atoms with van der Waals surface area (Å²) in [6, 6.07) is 12.5. The van der Waals surface area contributed by atoms with Gasteiger partial charge in [0.25, 0.3) is 0 Å². The van der Waals surface area contributed by atoms with E-state index in [0.29, 0.717) is 16.4 Å². The number of nitrogens with zero attached hydrogens (tertiary/aromatic N) is 4. The molecule has 0 unspecified atom stereocenters. The molecule has 0 saturated carbocycles. The van der Waals surface area contributed by atoms with Crippen LogP contribution in [0.2, 0.25) is 0 Å². The van der Waals surface area contributed by atoms with Crippen LogP contribution in [0.1, 0.15) is 43.6 Å². The second-order valence-corrected chi connectivity index (χ2v) is 9.39. The third-order valence-electron chi connectivity index (χ3n) is 6.09. The Hall–Kier alpha value is -2.91. The van der Waals surface area contributed by atoms with Crippen LogP contribution in [0.5, 0.6) is 5.75 Å². The molecule has 0 aliphatic carbocycles. The minimum atomic E-state index is -0.346. The van der Waals surface area contributed by atoms with Crippen molar-refractivity contribution < 1.29 is 13.9 Å². The largest absolute Gasteiger partial charge is 0.497 e. The van der Waals surface area contributed by atoms with Crippen LogP contribution in [-0.2, 0) is 4.79 Å². The monoisotopic (exact) mass is 483 g/mol. The Bertz CT molecular complexity index is 1130. The van der Waals surface area contributed by atoms with Crippen LogP contribution < -0.4 is 10.1 Å². The van der Waals surface area contributed by atoms with Gasteiger partial charge in [-0.1, -0.05) is 24.2 Å². The number of carbonyl (C=O) groups is 1. The highest BCUT2D eigenvalue weighted by molar-refractivity contribution is 7.99. The van der Waals surface area contributed by atoms with Crippen LogP contribution in [0.4, 0.5) is 10.1 Å². The van der Waals surface area contributed by atoms with Crippen LogP contribution in [0.25, 0.3) is 5.69 Å². The SMILES string of the molecule is COc1ccc(-n2c(SCC(=O)Nc3ccc(C)c(F)c3)nnc2[C@H](C)N2CCCCC2)cc1. The quantitative estimate of drug-likeness (QED) is 0.455. The smallest absolute Gasteiger partial charge is 0.234 e. The molecule has 1 aliphatic heterocycles. The number of methoxy groups -OCH3 is 1. The van der Waals surface area contributed by atoms with E-state index in [1.54, 1.807) is 26.2 Å². The zero-order valence-corrected chi connectivity index (χ0v) is 20.6. The fourth-order valence-electron chi connectivity index (χ4n) is 4.09. The van der Waals surface area contributed by atoms with E-state index in [2.05, 4.69) is 27.3 Å². The van der Waals surface area contributed by atoms with Crippen molar-refractivity contribution in [3.63, 3.8) is 0 Å². The zero-order valence-electron chi connectivity index (χ0n) is 19.8. The molecule has 1 aromatic heterocycles. The molecule has 1 fully saturated rings. The van der Waals surface area contributed by atoms with Crippen LogP contribution in [0.15, 0.2) is 47.6 Å². The molecule has 2 aromatic carbocycles. The van der Waals surface area contributed by atoms with E-state index in [1.807, 2.05) is 28.8 Å². The molecule has 7 nitrogen and oxygen atoms in total. The van der Waals surface area contributed by atoms with Crippen molar-refractivity contribution in [2.45, 2.75) is 44.3 Å². The van der Waals surface area contributed by atoms with Crippen molar-refractivity contribution in [3.05, 3.63) is 59.7 Å². The number of likely N-dealkylation sites (tertiary alicyclic amines) is 1. The minimum Gasteiger partial charge on any atom is -0.497 e. The number of ether oxygens (including phenoxy) is 1. The number of nitrogens with one attached hydrogen (secondary N) is 1. The number of hydrogen-bond donors (Lipinski definition) is 1. The maximum Gasteiger partial charge on any atom is 0.234 e. The lowest BCUT2D eigenvalue weighted by Gasteiger charge is -2.31. The van der Waals surface area contributed by atoms with E-state index in [9.17, 15) is 9.18 Å². The van der Waals surface area contributed by atoms with Gasteiger partial charge in [0.1, 0.15) is 11.6 Å². The first-order valence-electron chi connectivity index (χ1n) is 11.5. The van der Waals surface area contributed by atoms with Gasteiger partial charge in [-0.05, 0) is 81.7 Å². The number of aromatic nitrogens is 3. The Morgan fingerprint density at radius 2 is 1.88 bits per heavy atom. The van der Waals surface area contributed by atoms with E-state index in [1.165, 1.54) is 37.1 Å². The number of benzene rings is 2. The zero-order chi connectivity index (χ0) is 24.1. The van der Waals surface area contributed by atoms with Crippen LogP contribution >= 0.6 is 11.8 Å². The fourth-order valence-corrected chi connectivity index (χ4v) is 4.84. The first-order valence-corrected chi connectivity index (χ1v) is 12.5. The summed E-state index contributed by atoms with van der Waals surface area (Å²) in [6.07, 6.45) is 3.63. The van der Waals surface area contributed by atoms with Gasteiger partial charge in [-0.2, -0.15) is 0 Å². The van der Waals surface area contributed by atoms with Crippen molar-refractivity contribution in [1.82, 2.24) is 19.7 Å².